The summed E-state index contributed by atoms with van der Waals surface area (Å²) >= 11 is 0. The maximum Gasteiger partial charge on any atom is 3.00 e. The van der Waals surface area contributed by atoms with Crippen molar-refractivity contribution in [1.29, 1.82) is 0 Å². The average Bonchev–Trinajstić information content (AvgIpc) is 1.65. The molecule has 0 bridgehead atoms. The summed E-state index contributed by atoms with van der Waals surface area (Å²) in [5.41, 5.74) is 13.3. The summed E-state index contributed by atoms with van der Waals surface area (Å²) in [4.78, 5) is 43.0. The van der Waals surface area contributed by atoms with Crippen LogP contribution in [0.15, 0.2) is 270 Å². The molecule has 91 heavy (non-hydrogen) atoms. The van der Waals surface area contributed by atoms with Gasteiger partial charge in [0.05, 0.1) is 17.9 Å². The van der Waals surface area contributed by atoms with E-state index in [1.54, 1.807) is 51.1 Å². The first kappa shape index (κ1) is 65.3. The summed E-state index contributed by atoms with van der Waals surface area (Å²) in [7, 11) is 0. The van der Waals surface area contributed by atoms with Gasteiger partial charge in [-0.15, -0.1) is 0 Å². The fourth-order valence-electron chi connectivity index (χ4n) is 11.2. The maximum absolute atomic E-state index is 12.6. The zero-order valence-electron chi connectivity index (χ0n) is 52.2. The smallest absolute Gasteiger partial charge is 0.545 e. The van der Waals surface area contributed by atoms with E-state index in [9.17, 15) is 29.7 Å². The third-order valence-corrected chi connectivity index (χ3v) is 16.1. The number of carbonyl (C=O) groups is 3. The number of rotatable bonds is 12. The second-order valence-electron chi connectivity index (χ2n) is 25.2. The molecule has 0 saturated heterocycles. The van der Waals surface area contributed by atoms with Gasteiger partial charge in [-0.2, -0.15) is 15.3 Å². The number of aliphatic carboxylic acids is 3. The minimum Gasteiger partial charge on any atom is -0.545 e. The van der Waals surface area contributed by atoms with Crippen LogP contribution in [0.1, 0.15) is 112 Å². The molecule has 0 fully saturated rings. The molecule has 3 atom stereocenters. The number of carboxylic acid groups (broad SMARTS) is 3. The van der Waals surface area contributed by atoms with Crippen LogP contribution in [0.2, 0.25) is 0 Å². The molecule has 16 heteroatoms. The Morgan fingerprint density at radius 1 is 0.308 bits per heavy atom. The molecule has 9 aromatic carbocycles. The normalized spacial score (nSPS) is 18.4. The number of nitrogens with one attached hydrogen (secondary N) is 3. The zero-order chi connectivity index (χ0) is 64.1. The first-order valence-corrected chi connectivity index (χ1v) is 29.8. The molecule has 15 nitrogen and oxygen atoms in total. The van der Waals surface area contributed by atoms with Crippen molar-refractivity contribution in [3.63, 3.8) is 0 Å². The molecule has 12 rings (SSSR count). The Balaban J connectivity index is 0.000000161. The van der Waals surface area contributed by atoms with Gasteiger partial charge in [0.15, 0.2) is 34.5 Å². The number of hydrazone groups is 3. The van der Waals surface area contributed by atoms with Gasteiger partial charge in [-0.05, 0) is 69.3 Å². The van der Waals surface area contributed by atoms with Gasteiger partial charge in [-0.3, -0.25) is 31.0 Å². The molecule has 3 N–H and O–H groups in total. The monoisotopic (exact) mass is 1390 g/mol. The molecule has 462 valence electrons. The van der Waals surface area contributed by atoms with E-state index >= 15 is 0 Å². The molecule has 0 amide bonds. The number of nitrogens with zero attached hydrogens (tertiary/aromatic N) is 6. The van der Waals surface area contributed by atoms with Crippen LogP contribution in [-0.4, -0.2) is 35.4 Å². The number of carboxylic acids is 3. The Morgan fingerprint density at radius 3 is 0.670 bits per heavy atom. The van der Waals surface area contributed by atoms with E-state index in [1.807, 2.05) is 218 Å². The molecule has 3 aliphatic heterocycles. The predicted octanol–water partition coefficient (Wildman–Crippen LogP) is 10.1. The first-order valence-electron chi connectivity index (χ1n) is 29.8. The SMILES string of the molecule is CC(C)(C)c1ccc(N2C(c3ccccc3)=NNC2(C(=O)[O-])c2ccccc2)cc1.CC(C)(C)c1ccc(N2C(c3ccccc3)=NNC2(C(=O)[O-])c2ccccc2)cc1.CC(C)(C)c1ccc(N2C(c3ccccc3)=NNC2(C(=O)[O-])c2ccccc2)cc1.[Ir+3]. The number of hydrogen-bond acceptors (Lipinski definition) is 15. The topological polar surface area (TPSA) is 203 Å². The Bertz CT molecular complexity index is 3640. The summed E-state index contributed by atoms with van der Waals surface area (Å²) in [6.07, 6.45) is 0. The Hall–Kier alpha value is -10.2. The number of hydrogen-bond donors (Lipinski definition) is 3. The van der Waals surface area contributed by atoms with E-state index in [4.69, 9.17) is 0 Å². The van der Waals surface area contributed by atoms with Gasteiger partial charge in [0, 0.05) is 50.4 Å². The molecule has 3 aliphatic rings. The number of benzene rings is 9. The number of anilines is 3. The first-order chi connectivity index (χ1) is 43.0. The van der Waals surface area contributed by atoms with Gasteiger partial charge >= 0.3 is 20.1 Å². The van der Waals surface area contributed by atoms with Crippen molar-refractivity contribution in [3.8, 4) is 0 Å². The Labute approximate surface area is 545 Å². The van der Waals surface area contributed by atoms with Crippen molar-refractivity contribution in [2.45, 2.75) is 95.5 Å². The van der Waals surface area contributed by atoms with Crippen LogP contribution in [0.5, 0.6) is 0 Å². The molecule has 0 aromatic heterocycles. The fourth-order valence-corrected chi connectivity index (χ4v) is 11.2. The summed E-state index contributed by atoms with van der Waals surface area (Å²) in [6.45, 7) is 19.3. The van der Waals surface area contributed by atoms with Gasteiger partial charge in [-0.25, -0.2) is 0 Å². The second kappa shape index (κ2) is 26.5. The quantitative estimate of drug-likeness (QED) is 0.105. The van der Waals surface area contributed by atoms with Gasteiger partial charge in [0.2, 0.25) is 0 Å². The minimum absolute atomic E-state index is 0. The molecule has 3 heterocycles. The fraction of sp³-hybridized carbons (Fsp3) is 0.200. The minimum atomic E-state index is -1.66. The van der Waals surface area contributed by atoms with Crippen LogP contribution in [0.3, 0.4) is 0 Å². The van der Waals surface area contributed by atoms with Crippen LogP contribution < -0.4 is 46.3 Å². The van der Waals surface area contributed by atoms with Crippen molar-refractivity contribution in [3.05, 3.63) is 305 Å². The third-order valence-electron chi connectivity index (χ3n) is 16.1. The molecule has 0 aliphatic carbocycles. The summed E-state index contributed by atoms with van der Waals surface area (Å²) in [6, 6.07) is 79.4. The second-order valence-corrected chi connectivity index (χ2v) is 25.2. The number of carbonyl (C=O) groups excluding carboxylic acids is 3. The van der Waals surface area contributed by atoms with Crippen LogP contribution in [0.25, 0.3) is 0 Å². The molecular formula is C75H72IrN9O6. The Kier molecular flexibility index (Phi) is 19.0. The number of amidine groups is 3. The zero-order valence-corrected chi connectivity index (χ0v) is 54.6. The van der Waals surface area contributed by atoms with E-state index in [-0.39, 0.29) is 36.4 Å². The van der Waals surface area contributed by atoms with Crippen LogP contribution in [-0.2, 0) is 67.7 Å². The van der Waals surface area contributed by atoms with Crippen molar-refractivity contribution in [2.24, 2.45) is 15.3 Å². The van der Waals surface area contributed by atoms with E-state index in [0.29, 0.717) is 51.3 Å². The van der Waals surface area contributed by atoms with E-state index in [1.165, 1.54) is 0 Å². The standard InChI is InChI=1S/3C25H25N3O2.Ir/c3*1-24(2,3)19-14-16-21(17-15-19)28-22(18-10-6-4-7-11-18)26-27-25(28,23(29)30)20-12-8-5-9-13-20;/h3*4-17,27H,1-3H3,(H,29,30);/q;;;+3/p-3. The van der Waals surface area contributed by atoms with Gasteiger partial charge < -0.3 is 29.7 Å². The van der Waals surface area contributed by atoms with E-state index in [2.05, 4.69) is 93.9 Å². The van der Waals surface area contributed by atoms with Gasteiger partial charge in [0.25, 0.3) is 0 Å². The van der Waals surface area contributed by atoms with Crippen molar-refractivity contribution < 1.29 is 49.8 Å². The summed E-state index contributed by atoms with van der Waals surface area (Å²) in [5.74, 6) is -2.26. The van der Waals surface area contributed by atoms with Crippen molar-refractivity contribution in [1.82, 2.24) is 16.3 Å². The third kappa shape index (κ3) is 12.9. The predicted molar refractivity (Wildman–Crippen MR) is 351 cm³/mol. The largest absolute Gasteiger partial charge is 3.00 e. The van der Waals surface area contributed by atoms with Crippen LogP contribution in [0.4, 0.5) is 17.1 Å². The van der Waals surface area contributed by atoms with Gasteiger partial charge in [-0.1, -0.05) is 281 Å². The molecule has 0 saturated carbocycles. The molecule has 0 radical (unpaired) electrons. The van der Waals surface area contributed by atoms with Crippen LogP contribution in [0, 0.1) is 0 Å². The average molecular weight is 1390 g/mol. The van der Waals surface area contributed by atoms with E-state index < -0.39 is 34.9 Å². The van der Waals surface area contributed by atoms with Crippen molar-refractivity contribution in [2.75, 3.05) is 14.7 Å². The van der Waals surface area contributed by atoms with E-state index in [0.717, 1.165) is 33.4 Å². The van der Waals surface area contributed by atoms with Crippen LogP contribution >= 0.6 is 0 Å². The van der Waals surface area contributed by atoms with Crippen molar-refractivity contribution >= 4 is 52.5 Å². The molecule has 9 aromatic rings. The Morgan fingerprint density at radius 2 is 0.495 bits per heavy atom. The maximum atomic E-state index is 12.6. The summed E-state index contributed by atoms with van der Waals surface area (Å²) in [5, 5.41) is 51.2. The molecular weight excluding hydrogens is 1320 g/mol. The summed E-state index contributed by atoms with van der Waals surface area (Å²) < 4.78 is 0. The van der Waals surface area contributed by atoms with Gasteiger partial charge in [0.1, 0.15) is 0 Å². The molecule has 0 spiro atoms. The molecule has 3 unspecified atom stereocenters.